The number of nitrogens with zero attached hydrogens (tertiary/aromatic N) is 1. The third-order valence-electron chi connectivity index (χ3n) is 1.97. The zero-order valence-corrected chi connectivity index (χ0v) is 8.18. The first-order valence-electron chi connectivity index (χ1n) is 4.69. The van der Waals surface area contributed by atoms with Gasteiger partial charge in [-0.2, -0.15) is 0 Å². The molecule has 0 saturated heterocycles. The summed E-state index contributed by atoms with van der Waals surface area (Å²) in [5.41, 5.74) is 5.06. The summed E-state index contributed by atoms with van der Waals surface area (Å²) in [5.74, 6) is 0. The van der Waals surface area contributed by atoms with Crippen molar-refractivity contribution in [2.75, 3.05) is 13.6 Å². The number of primary amides is 1. The monoisotopic (exact) mass is 172 g/mol. The number of urea groups is 1. The average molecular weight is 172 g/mol. The molecule has 0 fully saturated rings. The maximum absolute atomic E-state index is 10.6. The molecule has 0 unspecified atom stereocenters. The summed E-state index contributed by atoms with van der Waals surface area (Å²) in [6.07, 6.45) is 6.08. The van der Waals surface area contributed by atoms with Crippen molar-refractivity contribution in [2.24, 2.45) is 5.73 Å². The highest BCUT2D eigenvalue weighted by Gasteiger charge is 2.00. The Labute approximate surface area is 74.9 Å². The van der Waals surface area contributed by atoms with Crippen LogP contribution in [0.1, 0.15) is 39.0 Å². The van der Waals surface area contributed by atoms with Crippen LogP contribution in [0.3, 0.4) is 0 Å². The van der Waals surface area contributed by atoms with Gasteiger partial charge in [0, 0.05) is 13.6 Å². The number of rotatable bonds is 6. The molecule has 72 valence electrons. The highest BCUT2D eigenvalue weighted by Crippen LogP contribution is 2.02. The van der Waals surface area contributed by atoms with Crippen LogP contribution in [0, 0.1) is 0 Å². The predicted octanol–water partition coefficient (Wildman–Crippen LogP) is 1.97. The average Bonchev–Trinajstić information content (AvgIpc) is 2.03. The summed E-state index contributed by atoms with van der Waals surface area (Å²) < 4.78 is 0. The van der Waals surface area contributed by atoms with Crippen molar-refractivity contribution >= 4 is 6.03 Å². The third kappa shape index (κ3) is 6.01. The first kappa shape index (κ1) is 11.3. The number of hydrogen-bond donors (Lipinski definition) is 1. The molecule has 0 spiro atoms. The Morgan fingerprint density at radius 3 is 2.33 bits per heavy atom. The van der Waals surface area contributed by atoms with E-state index in [4.69, 9.17) is 5.73 Å². The minimum Gasteiger partial charge on any atom is -0.351 e. The van der Waals surface area contributed by atoms with Crippen molar-refractivity contribution in [1.82, 2.24) is 4.90 Å². The van der Waals surface area contributed by atoms with Crippen molar-refractivity contribution in [3.05, 3.63) is 0 Å². The molecular weight excluding hydrogens is 152 g/mol. The fourth-order valence-electron chi connectivity index (χ4n) is 1.06. The molecule has 0 aromatic rings. The second kappa shape index (κ2) is 6.95. The van der Waals surface area contributed by atoms with Crippen molar-refractivity contribution in [3.8, 4) is 0 Å². The van der Waals surface area contributed by atoms with Gasteiger partial charge in [-0.05, 0) is 6.42 Å². The zero-order valence-electron chi connectivity index (χ0n) is 8.18. The molecule has 2 N–H and O–H groups in total. The molecule has 0 aliphatic heterocycles. The van der Waals surface area contributed by atoms with Crippen molar-refractivity contribution in [2.45, 2.75) is 39.0 Å². The molecule has 0 aliphatic carbocycles. The van der Waals surface area contributed by atoms with Crippen molar-refractivity contribution in [3.63, 3.8) is 0 Å². The normalized spacial score (nSPS) is 9.83. The number of hydrogen-bond acceptors (Lipinski definition) is 1. The van der Waals surface area contributed by atoms with Gasteiger partial charge in [0.2, 0.25) is 0 Å². The maximum atomic E-state index is 10.6. The van der Waals surface area contributed by atoms with Gasteiger partial charge < -0.3 is 10.6 Å². The topological polar surface area (TPSA) is 46.3 Å². The molecule has 0 saturated carbocycles. The van der Waals surface area contributed by atoms with E-state index in [1.807, 2.05) is 0 Å². The lowest BCUT2D eigenvalue weighted by Gasteiger charge is -2.13. The van der Waals surface area contributed by atoms with Gasteiger partial charge in [0.05, 0.1) is 0 Å². The van der Waals surface area contributed by atoms with E-state index in [1.165, 1.54) is 25.7 Å². The molecule has 3 heteroatoms. The Morgan fingerprint density at radius 1 is 1.25 bits per heavy atom. The van der Waals surface area contributed by atoms with Gasteiger partial charge in [-0.15, -0.1) is 0 Å². The lowest BCUT2D eigenvalue weighted by Crippen LogP contribution is -2.32. The second-order valence-electron chi connectivity index (χ2n) is 3.17. The summed E-state index contributed by atoms with van der Waals surface area (Å²) in [6, 6.07) is -0.328. The quantitative estimate of drug-likeness (QED) is 0.612. The molecule has 12 heavy (non-hydrogen) atoms. The molecule has 0 heterocycles. The molecule has 0 rings (SSSR count). The van der Waals surface area contributed by atoms with Crippen LogP contribution >= 0.6 is 0 Å². The van der Waals surface area contributed by atoms with E-state index in [9.17, 15) is 4.79 Å². The van der Waals surface area contributed by atoms with Gasteiger partial charge in [0.1, 0.15) is 0 Å². The van der Waals surface area contributed by atoms with Crippen LogP contribution in [0.5, 0.6) is 0 Å². The van der Waals surface area contributed by atoms with E-state index < -0.39 is 0 Å². The summed E-state index contributed by atoms with van der Waals surface area (Å²) >= 11 is 0. The maximum Gasteiger partial charge on any atom is 0.314 e. The Bertz CT molecular complexity index is 126. The number of carbonyl (C=O) groups is 1. The van der Waals surface area contributed by atoms with Gasteiger partial charge in [-0.25, -0.2) is 4.79 Å². The van der Waals surface area contributed by atoms with Crippen LogP contribution in [0.2, 0.25) is 0 Å². The van der Waals surface area contributed by atoms with Gasteiger partial charge in [-0.3, -0.25) is 0 Å². The Hall–Kier alpha value is -0.730. The minimum absolute atomic E-state index is 0.328. The lowest BCUT2D eigenvalue weighted by atomic mass is 10.1. The summed E-state index contributed by atoms with van der Waals surface area (Å²) in [6.45, 7) is 2.98. The van der Waals surface area contributed by atoms with E-state index >= 15 is 0 Å². The first-order chi connectivity index (χ1) is 5.68. The van der Waals surface area contributed by atoms with Crippen molar-refractivity contribution < 1.29 is 4.79 Å². The zero-order chi connectivity index (χ0) is 9.40. The molecule has 0 radical (unpaired) electrons. The third-order valence-corrected chi connectivity index (χ3v) is 1.97. The highest BCUT2D eigenvalue weighted by atomic mass is 16.2. The van der Waals surface area contributed by atoms with Gasteiger partial charge >= 0.3 is 6.03 Å². The van der Waals surface area contributed by atoms with Crippen molar-refractivity contribution in [1.29, 1.82) is 0 Å². The molecule has 0 atom stereocenters. The van der Waals surface area contributed by atoms with Crippen LogP contribution in [0.15, 0.2) is 0 Å². The summed E-state index contributed by atoms with van der Waals surface area (Å²) in [7, 11) is 1.74. The van der Waals surface area contributed by atoms with E-state index in [0.717, 1.165) is 13.0 Å². The molecule has 0 aliphatic rings. The summed E-state index contributed by atoms with van der Waals surface area (Å²) in [5, 5.41) is 0. The minimum atomic E-state index is -0.328. The molecule has 3 nitrogen and oxygen atoms in total. The fraction of sp³-hybridized carbons (Fsp3) is 0.889. The lowest BCUT2D eigenvalue weighted by molar-refractivity contribution is 0.217. The molecule has 0 bridgehead atoms. The fourth-order valence-corrected chi connectivity index (χ4v) is 1.06. The van der Waals surface area contributed by atoms with Crippen LogP contribution in [0.4, 0.5) is 4.79 Å². The van der Waals surface area contributed by atoms with E-state index in [0.29, 0.717) is 0 Å². The van der Waals surface area contributed by atoms with Crippen LogP contribution in [0.25, 0.3) is 0 Å². The first-order valence-corrected chi connectivity index (χ1v) is 4.69. The number of unbranched alkanes of at least 4 members (excludes halogenated alkanes) is 4. The number of amides is 2. The summed E-state index contributed by atoms with van der Waals surface area (Å²) in [4.78, 5) is 12.1. The Balaban J connectivity index is 3.14. The smallest absolute Gasteiger partial charge is 0.314 e. The van der Waals surface area contributed by atoms with Crippen LogP contribution in [-0.4, -0.2) is 24.5 Å². The molecular formula is C9H20N2O. The van der Waals surface area contributed by atoms with Gasteiger partial charge in [0.25, 0.3) is 0 Å². The standard InChI is InChI=1S/C9H20N2O/c1-3-4-5-6-7-8-11(2)9(10)12/h3-8H2,1-2H3,(H2,10,12). The van der Waals surface area contributed by atoms with E-state index in [2.05, 4.69) is 6.92 Å². The number of carbonyl (C=O) groups excluding carboxylic acids is 1. The predicted molar refractivity (Wildman–Crippen MR) is 51.0 cm³/mol. The number of nitrogens with two attached hydrogens (primary N) is 1. The van der Waals surface area contributed by atoms with Crippen LogP contribution < -0.4 is 5.73 Å². The van der Waals surface area contributed by atoms with Crippen LogP contribution in [-0.2, 0) is 0 Å². The highest BCUT2D eigenvalue weighted by molar-refractivity contribution is 5.71. The van der Waals surface area contributed by atoms with E-state index in [-0.39, 0.29) is 6.03 Å². The molecule has 0 aromatic carbocycles. The second-order valence-corrected chi connectivity index (χ2v) is 3.17. The molecule has 0 aromatic heterocycles. The SMILES string of the molecule is CCCCCCCN(C)C(N)=O. The van der Waals surface area contributed by atoms with E-state index in [1.54, 1.807) is 11.9 Å². The Kier molecular flexibility index (Phi) is 6.53. The Morgan fingerprint density at radius 2 is 1.83 bits per heavy atom. The molecule has 2 amide bonds. The largest absolute Gasteiger partial charge is 0.351 e. The van der Waals surface area contributed by atoms with Gasteiger partial charge in [0.15, 0.2) is 0 Å². The van der Waals surface area contributed by atoms with Gasteiger partial charge in [-0.1, -0.05) is 32.6 Å².